The summed E-state index contributed by atoms with van der Waals surface area (Å²) in [5.74, 6) is 0.0509. The van der Waals surface area contributed by atoms with Crippen molar-refractivity contribution in [3.63, 3.8) is 0 Å². The fraction of sp³-hybridized carbons (Fsp3) is 0.227. The van der Waals surface area contributed by atoms with Crippen molar-refractivity contribution in [1.29, 1.82) is 0 Å². The van der Waals surface area contributed by atoms with Crippen molar-refractivity contribution >= 4 is 32.4 Å². The van der Waals surface area contributed by atoms with E-state index in [2.05, 4.69) is 0 Å². The number of carbonyl (C=O) groups is 1. The predicted octanol–water partition coefficient (Wildman–Crippen LogP) is 3.78. The van der Waals surface area contributed by atoms with Crippen LogP contribution in [0.3, 0.4) is 0 Å². The van der Waals surface area contributed by atoms with Crippen LogP contribution in [0.4, 0.5) is 5.69 Å². The van der Waals surface area contributed by atoms with Crippen molar-refractivity contribution in [2.75, 3.05) is 17.4 Å². The van der Waals surface area contributed by atoms with Gasteiger partial charge < -0.3 is 4.90 Å². The number of anilines is 1. The lowest BCUT2D eigenvalue weighted by molar-refractivity contribution is 0.0793. The van der Waals surface area contributed by atoms with Gasteiger partial charge in [0.2, 0.25) is 0 Å². The second kappa shape index (κ2) is 6.34. The summed E-state index contributed by atoms with van der Waals surface area (Å²) in [6.07, 6.45) is 2.12. The Morgan fingerprint density at radius 1 is 0.893 bits per heavy atom. The maximum absolute atomic E-state index is 13.1. The molecule has 28 heavy (non-hydrogen) atoms. The van der Waals surface area contributed by atoms with Crippen LogP contribution in [0.15, 0.2) is 65.6 Å². The second-order valence-electron chi connectivity index (χ2n) is 7.34. The van der Waals surface area contributed by atoms with Crippen LogP contribution in [0.1, 0.15) is 28.8 Å². The average molecular weight is 392 g/mol. The zero-order valence-corrected chi connectivity index (χ0v) is 16.2. The maximum atomic E-state index is 13.1. The number of amides is 1. The smallest absolute Gasteiger partial charge is 0.265 e. The number of nitrogens with zero attached hydrogens (tertiary/aromatic N) is 2. The van der Waals surface area contributed by atoms with Gasteiger partial charge in [-0.1, -0.05) is 36.4 Å². The molecule has 0 radical (unpaired) electrons. The Balaban J connectivity index is 1.45. The number of sulfonamides is 1. The Morgan fingerprint density at radius 3 is 2.29 bits per heavy atom. The number of rotatable bonds is 3. The molecular weight excluding hydrogens is 372 g/mol. The first-order chi connectivity index (χ1) is 13.6. The van der Waals surface area contributed by atoms with Gasteiger partial charge >= 0.3 is 0 Å². The molecule has 0 unspecified atom stereocenters. The van der Waals surface area contributed by atoms with Gasteiger partial charge in [0, 0.05) is 24.0 Å². The van der Waals surface area contributed by atoms with Crippen molar-refractivity contribution in [1.82, 2.24) is 4.90 Å². The monoisotopic (exact) mass is 392 g/mol. The minimum absolute atomic E-state index is 0.0509. The van der Waals surface area contributed by atoms with E-state index in [0.717, 1.165) is 42.3 Å². The normalized spacial score (nSPS) is 17.4. The van der Waals surface area contributed by atoms with Gasteiger partial charge in [0.25, 0.3) is 15.9 Å². The summed E-state index contributed by atoms with van der Waals surface area (Å²) >= 11 is 0. The number of hydrogen-bond donors (Lipinski definition) is 0. The Morgan fingerprint density at radius 2 is 1.57 bits per heavy atom. The van der Waals surface area contributed by atoms with Crippen molar-refractivity contribution in [2.45, 2.75) is 24.3 Å². The molecule has 1 fully saturated rings. The topological polar surface area (TPSA) is 57.7 Å². The third-order valence-corrected chi connectivity index (χ3v) is 7.40. The fourth-order valence-corrected chi connectivity index (χ4v) is 5.85. The number of likely N-dealkylation sites (tertiary alicyclic amines) is 1. The molecule has 1 amide bonds. The summed E-state index contributed by atoms with van der Waals surface area (Å²) in [5.41, 5.74) is 2.22. The molecule has 0 saturated carbocycles. The molecule has 142 valence electrons. The molecule has 6 heteroatoms. The predicted molar refractivity (Wildman–Crippen MR) is 109 cm³/mol. The summed E-state index contributed by atoms with van der Waals surface area (Å²) < 4.78 is 27.6. The van der Waals surface area contributed by atoms with E-state index in [0.29, 0.717) is 16.1 Å². The molecular formula is C22H20N2O3S. The third kappa shape index (κ3) is 2.59. The number of hydrogen-bond acceptors (Lipinski definition) is 3. The molecule has 2 aliphatic rings. The maximum Gasteiger partial charge on any atom is 0.265 e. The van der Waals surface area contributed by atoms with Gasteiger partial charge in [0.1, 0.15) is 0 Å². The molecule has 5 rings (SSSR count). The van der Waals surface area contributed by atoms with Crippen molar-refractivity contribution < 1.29 is 13.2 Å². The SMILES string of the molecule is O=C(c1ccc(CN2c3cccc4cccc(c34)S2(=O)=O)cc1)N1CCCC1. The lowest BCUT2D eigenvalue weighted by Crippen LogP contribution is -2.28. The van der Waals surface area contributed by atoms with Gasteiger partial charge in [-0.25, -0.2) is 8.42 Å². The second-order valence-corrected chi connectivity index (χ2v) is 9.17. The van der Waals surface area contributed by atoms with Gasteiger partial charge in [-0.05, 0) is 48.1 Å². The van der Waals surface area contributed by atoms with Crippen LogP contribution >= 0.6 is 0 Å². The van der Waals surface area contributed by atoms with Crippen LogP contribution in [0.25, 0.3) is 10.8 Å². The summed E-state index contributed by atoms with van der Waals surface area (Å²) in [7, 11) is -3.58. The first kappa shape index (κ1) is 17.3. The van der Waals surface area contributed by atoms with E-state index in [1.165, 1.54) is 4.31 Å². The molecule has 2 heterocycles. The molecule has 0 N–H and O–H groups in total. The standard InChI is InChI=1S/C22H20N2O3S/c25-22(23-13-1-2-14-23)18-11-9-16(10-12-18)15-24-19-7-3-5-17-6-4-8-20(21(17)19)28(24,26)27/h3-12H,1-2,13-15H2. The highest BCUT2D eigenvalue weighted by atomic mass is 32.2. The Bertz CT molecular complexity index is 1170. The summed E-state index contributed by atoms with van der Waals surface area (Å²) in [6.45, 7) is 1.87. The van der Waals surface area contributed by atoms with Crippen LogP contribution in [-0.2, 0) is 16.6 Å². The van der Waals surface area contributed by atoms with E-state index in [1.807, 2.05) is 41.3 Å². The number of benzene rings is 3. The highest BCUT2D eigenvalue weighted by Crippen LogP contribution is 2.42. The molecule has 3 aromatic rings. The third-order valence-electron chi connectivity index (χ3n) is 5.60. The molecule has 5 nitrogen and oxygen atoms in total. The largest absolute Gasteiger partial charge is 0.339 e. The molecule has 0 spiro atoms. The Hall–Kier alpha value is -2.86. The van der Waals surface area contributed by atoms with Crippen molar-refractivity contribution in [3.05, 3.63) is 71.8 Å². The highest BCUT2D eigenvalue weighted by molar-refractivity contribution is 7.93. The molecule has 0 atom stereocenters. The Labute approximate surface area is 164 Å². The molecule has 1 saturated heterocycles. The van der Waals surface area contributed by atoms with Gasteiger partial charge in [0.05, 0.1) is 17.1 Å². The van der Waals surface area contributed by atoms with E-state index in [-0.39, 0.29) is 12.5 Å². The lowest BCUT2D eigenvalue weighted by Gasteiger charge is -2.19. The van der Waals surface area contributed by atoms with Crippen LogP contribution in [0, 0.1) is 0 Å². The quantitative estimate of drug-likeness (QED) is 0.682. The lowest BCUT2D eigenvalue weighted by atomic mass is 10.1. The van der Waals surface area contributed by atoms with Crippen LogP contribution in [-0.4, -0.2) is 32.3 Å². The van der Waals surface area contributed by atoms with E-state index in [9.17, 15) is 13.2 Å². The van der Waals surface area contributed by atoms with E-state index < -0.39 is 10.0 Å². The van der Waals surface area contributed by atoms with Gasteiger partial charge in [-0.3, -0.25) is 9.10 Å². The average Bonchev–Trinajstić information content (AvgIpc) is 3.32. The van der Waals surface area contributed by atoms with Gasteiger partial charge in [0.15, 0.2) is 0 Å². The van der Waals surface area contributed by atoms with E-state index in [4.69, 9.17) is 0 Å². The first-order valence-electron chi connectivity index (χ1n) is 9.48. The minimum atomic E-state index is -3.58. The van der Waals surface area contributed by atoms with Crippen molar-refractivity contribution in [3.8, 4) is 0 Å². The van der Waals surface area contributed by atoms with E-state index >= 15 is 0 Å². The van der Waals surface area contributed by atoms with Crippen molar-refractivity contribution in [2.24, 2.45) is 0 Å². The first-order valence-corrected chi connectivity index (χ1v) is 10.9. The summed E-state index contributed by atoms with van der Waals surface area (Å²) in [5, 5.41) is 1.71. The van der Waals surface area contributed by atoms with Gasteiger partial charge in [-0.15, -0.1) is 0 Å². The molecule has 0 aromatic heterocycles. The molecule has 3 aromatic carbocycles. The molecule has 0 bridgehead atoms. The van der Waals surface area contributed by atoms with E-state index in [1.54, 1.807) is 24.3 Å². The fourth-order valence-electron chi connectivity index (χ4n) is 4.15. The summed E-state index contributed by atoms with van der Waals surface area (Å²) in [6, 6.07) is 18.3. The van der Waals surface area contributed by atoms with Gasteiger partial charge in [-0.2, -0.15) is 0 Å². The van der Waals surface area contributed by atoms with Crippen LogP contribution in [0.2, 0.25) is 0 Å². The van der Waals surface area contributed by atoms with Crippen LogP contribution in [0.5, 0.6) is 0 Å². The number of carbonyl (C=O) groups excluding carboxylic acids is 1. The van der Waals surface area contributed by atoms with Crippen LogP contribution < -0.4 is 4.31 Å². The summed E-state index contributed by atoms with van der Waals surface area (Å²) in [4.78, 5) is 14.7. The Kier molecular flexibility index (Phi) is 3.91. The zero-order valence-electron chi connectivity index (χ0n) is 15.3. The zero-order chi connectivity index (χ0) is 19.3. The molecule has 2 aliphatic heterocycles. The minimum Gasteiger partial charge on any atom is -0.339 e. The highest BCUT2D eigenvalue weighted by Gasteiger charge is 2.35. The molecule has 0 aliphatic carbocycles.